The van der Waals surface area contributed by atoms with Crippen LogP contribution < -0.4 is 14.7 Å². The molecule has 2 aromatic rings. The Kier molecular flexibility index (Phi) is 4.96. The molecule has 2 aliphatic heterocycles. The van der Waals surface area contributed by atoms with Crippen LogP contribution in [-0.4, -0.2) is 57.5 Å². The van der Waals surface area contributed by atoms with Crippen molar-refractivity contribution in [3.8, 4) is 0 Å². The lowest BCUT2D eigenvalue weighted by Gasteiger charge is -2.33. The second-order valence-corrected chi connectivity index (χ2v) is 7.55. The molecule has 0 bridgehead atoms. The summed E-state index contributed by atoms with van der Waals surface area (Å²) in [5, 5.41) is 1.16. The zero-order valence-corrected chi connectivity index (χ0v) is 14.8. The molecule has 6 heteroatoms. The van der Waals surface area contributed by atoms with Gasteiger partial charge in [0.2, 0.25) is 0 Å². The zero-order chi connectivity index (χ0) is 16.2. The largest absolute Gasteiger partial charge is 0.378 e. The first-order valence-corrected chi connectivity index (χ1v) is 9.61. The van der Waals surface area contributed by atoms with E-state index in [1.807, 2.05) is 11.3 Å². The van der Waals surface area contributed by atoms with Gasteiger partial charge in [-0.3, -0.25) is 0 Å². The van der Waals surface area contributed by atoms with Crippen LogP contribution in [-0.2, 0) is 11.3 Å². The number of nitrogens with zero attached hydrogens (tertiary/aromatic N) is 3. The molecule has 0 aliphatic carbocycles. The van der Waals surface area contributed by atoms with E-state index < -0.39 is 0 Å². The maximum Gasteiger partial charge on any atom is 0.185 e. The number of aromatic nitrogens is 1. The summed E-state index contributed by atoms with van der Waals surface area (Å²) < 4.78 is 5.42. The minimum absolute atomic E-state index is 0.821. The summed E-state index contributed by atoms with van der Waals surface area (Å²) in [6.45, 7) is 9.33. The van der Waals surface area contributed by atoms with E-state index in [0.29, 0.717) is 0 Å². The molecular formula is C18H25N4OS+. The number of morpholine rings is 1. The number of piperazine rings is 1. The van der Waals surface area contributed by atoms with Gasteiger partial charge in [0, 0.05) is 25.0 Å². The number of hydrogen-bond donors (Lipinski definition) is 1. The topological polar surface area (TPSA) is 33.0 Å². The highest BCUT2D eigenvalue weighted by Crippen LogP contribution is 2.22. The van der Waals surface area contributed by atoms with E-state index in [4.69, 9.17) is 4.74 Å². The lowest BCUT2D eigenvalue weighted by atomic mass is 10.2. The van der Waals surface area contributed by atoms with Crippen molar-refractivity contribution in [3.05, 3.63) is 41.4 Å². The average Bonchev–Trinajstić information content (AvgIpc) is 3.12. The first-order valence-electron chi connectivity index (χ1n) is 8.79. The van der Waals surface area contributed by atoms with Crippen LogP contribution in [0.5, 0.6) is 0 Å². The molecule has 0 spiro atoms. The predicted octanol–water partition coefficient (Wildman–Crippen LogP) is 0.885. The first-order chi connectivity index (χ1) is 11.9. The van der Waals surface area contributed by atoms with Gasteiger partial charge in [-0.2, -0.15) is 0 Å². The van der Waals surface area contributed by atoms with E-state index in [1.165, 1.54) is 23.7 Å². The Morgan fingerprint density at radius 3 is 2.50 bits per heavy atom. The molecule has 24 heavy (non-hydrogen) atoms. The Morgan fingerprint density at radius 1 is 1.00 bits per heavy atom. The van der Waals surface area contributed by atoms with Gasteiger partial charge < -0.3 is 19.4 Å². The molecular weight excluding hydrogens is 320 g/mol. The van der Waals surface area contributed by atoms with E-state index in [0.717, 1.165) is 51.1 Å². The summed E-state index contributed by atoms with van der Waals surface area (Å²) >= 11 is 1.86. The van der Waals surface area contributed by atoms with Gasteiger partial charge >= 0.3 is 0 Å². The average molecular weight is 345 g/mol. The van der Waals surface area contributed by atoms with Crippen LogP contribution in [0.3, 0.4) is 0 Å². The third-order valence-electron chi connectivity index (χ3n) is 4.84. The third-order valence-corrected chi connectivity index (χ3v) is 5.90. The number of hydrogen-bond acceptors (Lipinski definition) is 5. The molecule has 128 valence electrons. The van der Waals surface area contributed by atoms with Gasteiger partial charge in [-0.1, -0.05) is 29.5 Å². The van der Waals surface area contributed by atoms with Crippen molar-refractivity contribution in [2.75, 3.05) is 62.3 Å². The van der Waals surface area contributed by atoms with Crippen molar-refractivity contribution >= 4 is 22.2 Å². The number of thiazole rings is 1. The summed E-state index contributed by atoms with van der Waals surface area (Å²) in [6, 6.07) is 10.8. The molecule has 4 rings (SSSR count). The minimum Gasteiger partial charge on any atom is -0.378 e. The second kappa shape index (κ2) is 7.51. The van der Waals surface area contributed by atoms with Crippen molar-refractivity contribution in [2.45, 2.75) is 6.54 Å². The van der Waals surface area contributed by atoms with E-state index in [2.05, 4.69) is 51.3 Å². The fraction of sp³-hybridized carbons (Fsp3) is 0.500. The van der Waals surface area contributed by atoms with Crippen LogP contribution in [0.15, 0.2) is 36.5 Å². The number of ether oxygens (including phenoxy) is 1. The van der Waals surface area contributed by atoms with E-state index >= 15 is 0 Å². The Balaban J connectivity index is 1.30. The number of quaternary nitrogens is 1. The fourth-order valence-electron chi connectivity index (χ4n) is 3.42. The highest BCUT2D eigenvalue weighted by Gasteiger charge is 2.22. The Bertz CT molecular complexity index is 633. The number of anilines is 2. The molecule has 0 unspecified atom stereocenters. The smallest absolute Gasteiger partial charge is 0.185 e. The van der Waals surface area contributed by atoms with Gasteiger partial charge in [-0.25, -0.2) is 4.98 Å². The van der Waals surface area contributed by atoms with E-state index in [1.54, 1.807) is 4.90 Å². The molecule has 2 saturated heterocycles. The Labute approximate surface area is 147 Å². The SMILES string of the molecule is c1ccc(N2CC[NH+](Cc3cnc(N4CCOCC4)s3)CC2)cc1. The molecule has 0 atom stereocenters. The Morgan fingerprint density at radius 2 is 1.75 bits per heavy atom. The maximum absolute atomic E-state index is 5.42. The normalized spacial score (nSPS) is 19.7. The highest BCUT2D eigenvalue weighted by atomic mass is 32.1. The molecule has 1 N–H and O–H groups in total. The van der Waals surface area contributed by atoms with Gasteiger partial charge in [-0.05, 0) is 12.1 Å². The summed E-state index contributed by atoms with van der Waals surface area (Å²) in [4.78, 5) is 12.5. The van der Waals surface area contributed by atoms with Crippen LogP contribution >= 0.6 is 11.3 Å². The first kappa shape index (κ1) is 15.9. The van der Waals surface area contributed by atoms with Gasteiger partial charge in [0.15, 0.2) is 5.13 Å². The van der Waals surface area contributed by atoms with E-state index in [-0.39, 0.29) is 0 Å². The van der Waals surface area contributed by atoms with Gasteiger partial charge in [0.05, 0.1) is 44.3 Å². The standard InChI is InChI=1S/C18H24N4OS/c1-2-4-16(5-3-1)21-8-6-20(7-9-21)15-17-14-19-18(24-17)22-10-12-23-13-11-22/h1-5,14H,6-13,15H2/p+1. The summed E-state index contributed by atoms with van der Waals surface area (Å²) in [6.07, 6.45) is 2.08. The number of benzene rings is 1. The van der Waals surface area contributed by atoms with E-state index in [9.17, 15) is 0 Å². The predicted molar refractivity (Wildman–Crippen MR) is 98.2 cm³/mol. The van der Waals surface area contributed by atoms with Crippen LogP contribution in [0.2, 0.25) is 0 Å². The molecule has 0 radical (unpaired) electrons. The van der Waals surface area contributed by atoms with Crippen LogP contribution in [0.4, 0.5) is 10.8 Å². The Hall–Kier alpha value is -1.63. The quantitative estimate of drug-likeness (QED) is 0.892. The molecule has 2 fully saturated rings. The minimum atomic E-state index is 0.821. The molecule has 1 aromatic carbocycles. The number of nitrogens with one attached hydrogen (secondary N) is 1. The van der Waals surface area contributed by atoms with Crippen LogP contribution in [0.1, 0.15) is 4.88 Å². The number of para-hydroxylation sites is 1. The summed E-state index contributed by atoms with van der Waals surface area (Å²) in [5.74, 6) is 0. The van der Waals surface area contributed by atoms with Crippen LogP contribution in [0.25, 0.3) is 0 Å². The summed E-state index contributed by atoms with van der Waals surface area (Å²) in [7, 11) is 0. The molecule has 0 amide bonds. The van der Waals surface area contributed by atoms with Gasteiger partial charge in [0.1, 0.15) is 6.54 Å². The van der Waals surface area contributed by atoms with Crippen molar-refractivity contribution in [3.63, 3.8) is 0 Å². The monoisotopic (exact) mass is 345 g/mol. The highest BCUT2D eigenvalue weighted by molar-refractivity contribution is 7.15. The molecule has 1 aromatic heterocycles. The van der Waals surface area contributed by atoms with Crippen molar-refractivity contribution in [1.82, 2.24) is 4.98 Å². The molecule has 0 saturated carbocycles. The number of rotatable bonds is 4. The summed E-state index contributed by atoms with van der Waals surface area (Å²) in [5.41, 5.74) is 1.35. The second-order valence-electron chi connectivity index (χ2n) is 6.46. The fourth-order valence-corrected chi connectivity index (χ4v) is 4.46. The van der Waals surface area contributed by atoms with Crippen molar-refractivity contribution in [2.24, 2.45) is 0 Å². The third kappa shape index (κ3) is 3.71. The van der Waals surface area contributed by atoms with Crippen LogP contribution in [0, 0.1) is 0 Å². The van der Waals surface area contributed by atoms with Crippen molar-refractivity contribution in [1.29, 1.82) is 0 Å². The van der Waals surface area contributed by atoms with Gasteiger partial charge in [0.25, 0.3) is 0 Å². The lowest BCUT2D eigenvalue weighted by Crippen LogP contribution is -3.13. The lowest BCUT2D eigenvalue weighted by molar-refractivity contribution is -0.914. The van der Waals surface area contributed by atoms with Crippen molar-refractivity contribution < 1.29 is 9.64 Å². The zero-order valence-electron chi connectivity index (χ0n) is 14.0. The van der Waals surface area contributed by atoms with Gasteiger partial charge in [-0.15, -0.1) is 0 Å². The molecule has 2 aliphatic rings. The molecule has 3 heterocycles. The maximum atomic E-state index is 5.42. The molecule has 5 nitrogen and oxygen atoms in total.